The number of Topliss-reactive ketones (excluding diaryl/α,β-unsaturated/α-hetero) is 1. The highest BCUT2D eigenvalue weighted by atomic mass is 16.3. The second kappa shape index (κ2) is 3.77. The van der Waals surface area contributed by atoms with Crippen LogP contribution in [0.2, 0.25) is 0 Å². The molecule has 2 rings (SSSR count). The van der Waals surface area contributed by atoms with Crippen molar-refractivity contribution in [1.29, 1.82) is 0 Å². The summed E-state index contributed by atoms with van der Waals surface area (Å²) in [6.07, 6.45) is 1.91. The Balaban J connectivity index is 2.13. The van der Waals surface area contributed by atoms with Crippen molar-refractivity contribution in [3.8, 4) is 0 Å². The molecule has 0 bridgehead atoms. The number of ketones is 1. The summed E-state index contributed by atoms with van der Waals surface area (Å²) in [5.74, 6) is 0.423. The molecule has 1 amide bonds. The Hall–Kier alpha value is -1.58. The van der Waals surface area contributed by atoms with Gasteiger partial charge in [0.1, 0.15) is 5.78 Å². The van der Waals surface area contributed by atoms with E-state index in [4.69, 9.17) is 4.42 Å². The minimum Gasteiger partial charge on any atom is -0.459 e. The lowest BCUT2D eigenvalue weighted by Crippen LogP contribution is -2.48. The molecule has 1 aliphatic rings. The van der Waals surface area contributed by atoms with E-state index < -0.39 is 5.41 Å². The molecule has 1 aromatic rings. The van der Waals surface area contributed by atoms with Crippen LogP contribution in [0, 0.1) is 5.41 Å². The Kier molecular flexibility index (Phi) is 2.58. The van der Waals surface area contributed by atoms with E-state index in [1.54, 1.807) is 17.0 Å². The topological polar surface area (TPSA) is 50.5 Å². The van der Waals surface area contributed by atoms with Gasteiger partial charge in [-0.2, -0.15) is 0 Å². The van der Waals surface area contributed by atoms with E-state index in [0.29, 0.717) is 25.3 Å². The third kappa shape index (κ3) is 1.87. The first-order chi connectivity index (χ1) is 7.50. The normalized spacial score (nSPS) is 19.9. The van der Waals surface area contributed by atoms with Crippen molar-refractivity contribution in [2.45, 2.75) is 20.3 Å². The van der Waals surface area contributed by atoms with Gasteiger partial charge in [0.25, 0.3) is 5.91 Å². The molecule has 0 aromatic carbocycles. The van der Waals surface area contributed by atoms with E-state index in [2.05, 4.69) is 0 Å². The molecule has 1 fully saturated rings. The number of hydrogen-bond acceptors (Lipinski definition) is 3. The molecule has 1 saturated heterocycles. The number of furan rings is 1. The SMILES string of the molecule is CC1(C)CN(C(=O)c2ccco2)CCC1=O. The van der Waals surface area contributed by atoms with Crippen molar-refractivity contribution in [3.63, 3.8) is 0 Å². The lowest BCUT2D eigenvalue weighted by molar-refractivity contribution is -0.130. The summed E-state index contributed by atoms with van der Waals surface area (Å²) in [7, 11) is 0. The zero-order valence-electron chi connectivity index (χ0n) is 9.53. The predicted octanol–water partition coefficient (Wildman–Crippen LogP) is 1.72. The van der Waals surface area contributed by atoms with Crippen molar-refractivity contribution in [2.24, 2.45) is 5.41 Å². The first-order valence-electron chi connectivity index (χ1n) is 5.37. The number of carbonyl (C=O) groups is 2. The van der Waals surface area contributed by atoms with E-state index in [9.17, 15) is 9.59 Å². The van der Waals surface area contributed by atoms with Crippen molar-refractivity contribution in [2.75, 3.05) is 13.1 Å². The number of rotatable bonds is 1. The monoisotopic (exact) mass is 221 g/mol. The Labute approximate surface area is 94.2 Å². The van der Waals surface area contributed by atoms with E-state index in [1.807, 2.05) is 13.8 Å². The van der Waals surface area contributed by atoms with Gasteiger partial charge in [-0.25, -0.2) is 0 Å². The first-order valence-corrected chi connectivity index (χ1v) is 5.37. The summed E-state index contributed by atoms with van der Waals surface area (Å²) >= 11 is 0. The molecular formula is C12H15NO3. The van der Waals surface area contributed by atoms with Crippen LogP contribution in [0.3, 0.4) is 0 Å². The number of amides is 1. The maximum absolute atomic E-state index is 12.0. The molecule has 16 heavy (non-hydrogen) atoms. The van der Waals surface area contributed by atoms with Gasteiger partial charge in [0.15, 0.2) is 5.76 Å². The van der Waals surface area contributed by atoms with Gasteiger partial charge >= 0.3 is 0 Å². The lowest BCUT2D eigenvalue weighted by atomic mass is 9.82. The fourth-order valence-corrected chi connectivity index (χ4v) is 1.95. The van der Waals surface area contributed by atoms with Crippen molar-refractivity contribution in [1.82, 2.24) is 4.90 Å². The van der Waals surface area contributed by atoms with Crippen LogP contribution < -0.4 is 0 Å². The molecule has 0 spiro atoms. The standard InChI is InChI=1S/C12H15NO3/c1-12(2)8-13(6-5-10(12)14)11(15)9-4-3-7-16-9/h3-4,7H,5-6,8H2,1-2H3. The summed E-state index contributed by atoms with van der Waals surface area (Å²) in [6, 6.07) is 3.33. The minimum atomic E-state index is -0.444. The zero-order chi connectivity index (χ0) is 11.8. The predicted molar refractivity (Wildman–Crippen MR) is 58.0 cm³/mol. The number of likely N-dealkylation sites (tertiary alicyclic amines) is 1. The molecule has 0 radical (unpaired) electrons. The van der Waals surface area contributed by atoms with Crippen LogP contribution >= 0.6 is 0 Å². The third-order valence-corrected chi connectivity index (χ3v) is 2.97. The molecular weight excluding hydrogens is 206 g/mol. The third-order valence-electron chi connectivity index (χ3n) is 2.97. The number of nitrogens with zero attached hydrogens (tertiary/aromatic N) is 1. The van der Waals surface area contributed by atoms with Gasteiger partial charge in [-0.05, 0) is 12.1 Å². The fraction of sp³-hybridized carbons (Fsp3) is 0.500. The van der Waals surface area contributed by atoms with Gasteiger partial charge in [-0.15, -0.1) is 0 Å². The Bertz CT molecular complexity index is 406. The number of piperidine rings is 1. The molecule has 2 heterocycles. The van der Waals surface area contributed by atoms with Crippen LogP contribution in [-0.4, -0.2) is 29.7 Å². The first kappa shape index (κ1) is 10.9. The highest BCUT2D eigenvalue weighted by molar-refractivity contribution is 5.94. The molecule has 0 N–H and O–H groups in total. The second-order valence-electron chi connectivity index (χ2n) is 4.76. The lowest BCUT2D eigenvalue weighted by Gasteiger charge is -2.36. The largest absolute Gasteiger partial charge is 0.459 e. The van der Waals surface area contributed by atoms with Crippen LogP contribution in [0.25, 0.3) is 0 Å². The number of carbonyl (C=O) groups excluding carboxylic acids is 2. The molecule has 4 heteroatoms. The average Bonchev–Trinajstić information content (AvgIpc) is 2.74. The van der Waals surface area contributed by atoms with Gasteiger partial charge in [0.2, 0.25) is 0 Å². The summed E-state index contributed by atoms with van der Waals surface area (Å²) in [5, 5.41) is 0. The Morgan fingerprint density at radius 1 is 1.50 bits per heavy atom. The highest BCUT2D eigenvalue weighted by Gasteiger charge is 2.36. The molecule has 1 aliphatic heterocycles. The molecule has 0 atom stereocenters. The summed E-state index contributed by atoms with van der Waals surface area (Å²) < 4.78 is 5.07. The van der Waals surface area contributed by atoms with Crippen LogP contribution in [0.1, 0.15) is 30.8 Å². The van der Waals surface area contributed by atoms with Crippen LogP contribution in [0.4, 0.5) is 0 Å². The van der Waals surface area contributed by atoms with Crippen LogP contribution in [0.5, 0.6) is 0 Å². The maximum atomic E-state index is 12.0. The minimum absolute atomic E-state index is 0.134. The summed E-state index contributed by atoms with van der Waals surface area (Å²) in [6.45, 7) is 4.70. The van der Waals surface area contributed by atoms with E-state index in [0.717, 1.165) is 0 Å². The van der Waals surface area contributed by atoms with Crippen LogP contribution in [-0.2, 0) is 4.79 Å². The van der Waals surface area contributed by atoms with Crippen molar-refractivity contribution >= 4 is 11.7 Å². The molecule has 0 aliphatic carbocycles. The van der Waals surface area contributed by atoms with E-state index in [-0.39, 0.29) is 11.7 Å². The second-order valence-corrected chi connectivity index (χ2v) is 4.76. The molecule has 0 saturated carbocycles. The molecule has 4 nitrogen and oxygen atoms in total. The van der Waals surface area contributed by atoms with Crippen molar-refractivity contribution in [3.05, 3.63) is 24.2 Å². The van der Waals surface area contributed by atoms with E-state index in [1.165, 1.54) is 6.26 Å². The van der Waals surface area contributed by atoms with E-state index >= 15 is 0 Å². The summed E-state index contributed by atoms with van der Waals surface area (Å²) in [4.78, 5) is 25.3. The number of hydrogen-bond donors (Lipinski definition) is 0. The zero-order valence-corrected chi connectivity index (χ0v) is 9.53. The highest BCUT2D eigenvalue weighted by Crippen LogP contribution is 2.26. The van der Waals surface area contributed by atoms with Gasteiger partial charge in [0.05, 0.1) is 6.26 Å². The van der Waals surface area contributed by atoms with Gasteiger partial charge in [0, 0.05) is 24.9 Å². The van der Waals surface area contributed by atoms with Gasteiger partial charge < -0.3 is 9.32 Å². The van der Waals surface area contributed by atoms with Gasteiger partial charge in [-0.1, -0.05) is 13.8 Å². The molecule has 0 unspecified atom stereocenters. The smallest absolute Gasteiger partial charge is 0.289 e. The quantitative estimate of drug-likeness (QED) is 0.725. The Morgan fingerprint density at radius 3 is 2.81 bits per heavy atom. The molecule has 86 valence electrons. The maximum Gasteiger partial charge on any atom is 0.289 e. The fourth-order valence-electron chi connectivity index (χ4n) is 1.95. The average molecular weight is 221 g/mol. The van der Waals surface area contributed by atoms with Crippen LogP contribution in [0.15, 0.2) is 22.8 Å². The summed E-state index contributed by atoms with van der Waals surface area (Å²) in [5.41, 5.74) is -0.444. The molecule has 1 aromatic heterocycles. The van der Waals surface area contributed by atoms with Crippen molar-refractivity contribution < 1.29 is 14.0 Å². The van der Waals surface area contributed by atoms with Gasteiger partial charge in [-0.3, -0.25) is 9.59 Å². The Morgan fingerprint density at radius 2 is 2.25 bits per heavy atom.